The van der Waals surface area contributed by atoms with Crippen LogP contribution < -0.4 is 15.0 Å². The van der Waals surface area contributed by atoms with E-state index in [1.165, 1.54) is 11.3 Å². The van der Waals surface area contributed by atoms with Crippen molar-refractivity contribution in [3.63, 3.8) is 0 Å². The van der Waals surface area contributed by atoms with Crippen molar-refractivity contribution in [2.45, 2.75) is 0 Å². The zero-order valence-corrected chi connectivity index (χ0v) is 11.4. The van der Waals surface area contributed by atoms with Crippen LogP contribution in [-0.4, -0.2) is 26.1 Å². The summed E-state index contributed by atoms with van der Waals surface area (Å²) in [7, 11) is 1.64. The number of fused-ring (bicyclic) bond motifs is 1. The van der Waals surface area contributed by atoms with Crippen molar-refractivity contribution in [3.8, 4) is 5.75 Å². The van der Waals surface area contributed by atoms with E-state index in [4.69, 9.17) is 4.74 Å². The molecule has 0 aliphatic carbocycles. The van der Waals surface area contributed by atoms with Crippen LogP contribution in [0.3, 0.4) is 0 Å². The highest BCUT2D eigenvalue weighted by molar-refractivity contribution is 7.18. The van der Waals surface area contributed by atoms with Gasteiger partial charge in [0, 0.05) is 7.05 Å². The van der Waals surface area contributed by atoms with Gasteiger partial charge in [-0.2, -0.15) is 0 Å². The van der Waals surface area contributed by atoms with Gasteiger partial charge in [0.05, 0.1) is 22.1 Å². The van der Waals surface area contributed by atoms with Gasteiger partial charge in [-0.05, 0) is 24.3 Å². The molecule has 2 heterocycles. The van der Waals surface area contributed by atoms with Gasteiger partial charge < -0.3 is 15.0 Å². The second-order valence-corrected chi connectivity index (χ2v) is 5.25. The molecule has 2 aromatic rings. The van der Waals surface area contributed by atoms with Crippen LogP contribution in [0.1, 0.15) is 9.67 Å². The van der Waals surface area contributed by atoms with E-state index in [0.29, 0.717) is 6.61 Å². The van der Waals surface area contributed by atoms with Crippen LogP contribution in [0.5, 0.6) is 5.75 Å². The lowest BCUT2D eigenvalue weighted by atomic mass is 10.2. The fourth-order valence-electron chi connectivity index (χ4n) is 2.12. The van der Waals surface area contributed by atoms with E-state index in [2.05, 4.69) is 10.2 Å². The smallest absolute Gasteiger partial charge is 0.261 e. The Bertz CT molecular complexity index is 609. The zero-order valence-electron chi connectivity index (χ0n) is 10.6. The summed E-state index contributed by atoms with van der Waals surface area (Å²) in [5.41, 5.74) is 1.05. The van der Waals surface area contributed by atoms with Crippen molar-refractivity contribution in [1.29, 1.82) is 0 Å². The summed E-state index contributed by atoms with van der Waals surface area (Å²) in [5.74, 6) is 0.849. The number of ether oxygens (including phenoxy) is 1. The van der Waals surface area contributed by atoms with E-state index in [1.54, 1.807) is 7.05 Å². The molecule has 0 fully saturated rings. The largest absolute Gasteiger partial charge is 0.490 e. The van der Waals surface area contributed by atoms with Crippen LogP contribution in [0.4, 0.5) is 10.7 Å². The monoisotopic (exact) mass is 274 g/mol. The summed E-state index contributed by atoms with van der Waals surface area (Å²) in [6.45, 7) is 1.45. The van der Waals surface area contributed by atoms with Crippen molar-refractivity contribution in [3.05, 3.63) is 41.3 Å². The molecular weight excluding hydrogens is 260 g/mol. The van der Waals surface area contributed by atoms with Gasteiger partial charge in [0.1, 0.15) is 12.4 Å². The molecule has 3 rings (SSSR count). The summed E-state index contributed by atoms with van der Waals surface area (Å²) in [4.78, 5) is 14.5. The predicted molar refractivity (Wildman–Crippen MR) is 76.7 cm³/mol. The van der Waals surface area contributed by atoms with Gasteiger partial charge in [-0.1, -0.05) is 12.1 Å². The molecule has 1 aliphatic rings. The lowest BCUT2D eigenvalue weighted by Gasteiger charge is -2.29. The van der Waals surface area contributed by atoms with Crippen molar-refractivity contribution >= 4 is 27.9 Å². The summed E-state index contributed by atoms with van der Waals surface area (Å²) in [6.07, 6.45) is 0. The number of anilines is 2. The second-order valence-electron chi connectivity index (χ2n) is 4.18. The van der Waals surface area contributed by atoms with E-state index in [-0.39, 0.29) is 5.91 Å². The van der Waals surface area contributed by atoms with Crippen molar-refractivity contribution in [2.75, 3.05) is 25.1 Å². The maximum atomic E-state index is 11.6. The zero-order chi connectivity index (χ0) is 13.2. The lowest BCUT2D eigenvalue weighted by molar-refractivity contribution is 0.0967. The Kier molecular flexibility index (Phi) is 3.13. The SMILES string of the molecule is CNC(=O)c1ccc(N2CCOc3ccccc32)s1. The third-order valence-corrected chi connectivity index (χ3v) is 4.14. The van der Waals surface area contributed by atoms with Crippen molar-refractivity contribution < 1.29 is 9.53 Å². The molecule has 1 amide bonds. The fraction of sp³-hybridized carbons (Fsp3) is 0.214. The molecule has 0 unspecified atom stereocenters. The standard InChI is InChI=1S/C14H14N2O2S/c1-15-14(17)12-6-7-13(19-12)16-8-9-18-11-5-3-2-4-10(11)16/h2-7H,8-9H2,1H3,(H,15,17). The Morgan fingerprint density at radius 2 is 2.16 bits per heavy atom. The molecule has 1 aromatic carbocycles. The maximum absolute atomic E-state index is 11.6. The average molecular weight is 274 g/mol. The summed E-state index contributed by atoms with van der Waals surface area (Å²) in [5, 5.41) is 3.71. The van der Waals surface area contributed by atoms with E-state index in [0.717, 1.165) is 27.9 Å². The molecule has 1 N–H and O–H groups in total. The first-order valence-corrected chi connectivity index (χ1v) is 6.92. The van der Waals surface area contributed by atoms with E-state index in [9.17, 15) is 4.79 Å². The molecule has 0 saturated carbocycles. The minimum atomic E-state index is -0.0437. The summed E-state index contributed by atoms with van der Waals surface area (Å²) in [6, 6.07) is 11.8. The van der Waals surface area contributed by atoms with Gasteiger partial charge in [-0.15, -0.1) is 11.3 Å². The summed E-state index contributed by atoms with van der Waals surface area (Å²) < 4.78 is 5.63. The number of carbonyl (C=O) groups is 1. The highest BCUT2D eigenvalue weighted by Crippen LogP contribution is 2.39. The third-order valence-electron chi connectivity index (χ3n) is 3.04. The molecule has 0 radical (unpaired) electrons. The minimum absolute atomic E-state index is 0.0437. The first kappa shape index (κ1) is 12.0. The number of benzene rings is 1. The van der Waals surface area contributed by atoms with E-state index >= 15 is 0 Å². The van der Waals surface area contributed by atoms with Gasteiger partial charge in [-0.3, -0.25) is 4.79 Å². The van der Waals surface area contributed by atoms with Crippen LogP contribution in [0.2, 0.25) is 0 Å². The molecule has 0 saturated heterocycles. The number of hydrogen-bond donors (Lipinski definition) is 1. The first-order chi connectivity index (χ1) is 9.29. The molecule has 1 aromatic heterocycles. The van der Waals surface area contributed by atoms with Gasteiger partial charge >= 0.3 is 0 Å². The van der Waals surface area contributed by atoms with Crippen LogP contribution in [0, 0.1) is 0 Å². The Balaban J connectivity index is 1.95. The molecule has 1 aliphatic heterocycles. The lowest BCUT2D eigenvalue weighted by Crippen LogP contribution is -2.27. The molecule has 0 bridgehead atoms. The average Bonchev–Trinajstić information content (AvgIpc) is 2.95. The Hall–Kier alpha value is -2.01. The number of thiophene rings is 1. The fourth-order valence-corrected chi connectivity index (χ4v) is 3.11. The van der Waals surface area contributed by atoms with Crippen LogP contribution in [0.25, 0.3) is 0 Å². The second kappa shape index (κ2) is 4.93. The molecule has 0 spiro atoms. The van der Waals surface area contributed by atoms with E-state index in [1.807, 2.05) is 36.4 Å². The Morgan fingerprint density at radius 3 is 3.00 bits per heavy atom. The van der Waals surface area contributed by atoms with Crippen LogP contribution >= 0.6 is 11.3 Å². The summed E-state index contributed by atoms with van der Waals surface area (Å²) >= 11 is 1.49. The number of carbonyl (C=O) groups excluding carboxylic acids is 1. The number of amides is 1. The van der Waals surface area contributed by atoms with Gasteiger partial charge in [0.2, 0.25) is 0 Å². The van der Waals surface area contributed by atoms with Crippen molar-refractivity contribution in [2.24, 2.45) is 0 Å². The Labute approximate surface area is 115 Å². The highest BCUT2D eigenvalue weighted by Gasteiger charge is 2.21. The number of hydrogen-bond acceptors (Lipinski definition) is 4. The van der Waals surface area contributed by atoms with Crippen LogP contribution in [0.15, 0.2) is 36.4 Å². The number of nitrogens with zero attached hydrogens (tertiary/aromatic N) is 1. The van der Waals surface area contributed by atoms with Gasteiger partial charge in [0.15, 0.2) is 0 Å². The van der Waals surface area contributed by atoms with E-state index < -0.39 is 0 Å². The first-order valence-electron chi connectivity index (χ1n) is 6.11. The number of rotatable bonds is 2. The quantitative estimate of drug-likeness (QED) is 0.915. The molecule has 0 atom stereocenters. The third kappa shape index (κ3) is 2.17. The molecule has 4 nitrogen and oxygen atoms in total. The predicted octanol–water partition coefficient (Wildman–Crippen LogP) is 2.64. The highest BCUT2D eigenvalue weighted by atomic mass is 32.1. The maximum Gasteiger partial charge on any atom is 0.261 e. The normalized spacial score (nSPS) is 13.6. The molecule has 98 valence electrons. The molecule has 5 heteroatoms. The number of para-hydroxylation sites is 2. The topological polar surface area (TPSA) is 41.6 Å². The van der Waals surface area contributed by atoms with Crippen molar-refractivity contribution in [1.82, 2.24) is 5.32 Å². The number of nitrogens with one attached hydrogen (secondary N) is 1. The Morgan fingerprint density at radius 1 is 1.32 bits per heavy atom. The molecular formula is C14H14N2O2S. The van der Waals surface area contributed by atoms with Gasteiger partial charge in [-0.25, -0.2) is 0 Å². The molecule has 19 heavy (non-hydrogen) atoms. The van der Waals surface area contributed by atoms with Crippen LogP contribution in [-0.2, 0) is 0 Å². The van der Waals surface area contributed by atoms with Gasteiger partial charge in [0.25, 0.3) is 5.91 Å². The minimum Gasteiger partial charge on any atom is -0.490 e.